The van der Waals surface area contributed by atoms with E-state index in [2.05, 4.69) is 26.6 Å². The lowest BCUT2D eigenvalue weighted by Gasteiger charge is -2.18. The van der Waals surface area contributed by atoms with Crippen molar-refractivity contribution >= 4 is 45.2 Å². The maximum absolute atomic E-state index is 11.7. The summed E-state index contributed by atoms with van der Waals surface area (Å²) in [6.45, 7) is 3.43. The van der Waals surface area contributed by atoms with E-state index in [1.54, 1.807) is 32.0 Å². The second-order valence-electron chi connectivity index (χ2n) is 4.28. The maximum Gasteiger partial charge on any atom is 0.326 e. The number of carbonyl (C=O) groups excluding carboxylic acids is 1. The van der Waals surface area contributed by atoms with Crippen molar-refractivity contribution in [2.24, 2.45) is 5.92 Å². The number of carbonyl (C=O) groups is 2. The van der Waals surface area contributed by atoms with Crippen molar-refractivity contribution in [3.63, 3.8) is 0 Å². The minimum atomic E-state index is -1.07. The van der Waals surface area contributed by atoms with Crippen LogP contribution in [-0.2, 0) is 4.79 Å². The average molecular weight is 350 g/mol. The molecule has 0 saturated heterocycles. The Kier molecular flexibility index (Phi) is 5.62. The summed E-state index contributed by atoms with van der Waals surface area (Å²) in [5.74, 6) is -1.29. The molecule has 0 aliphatic rings. The zero-order valence-electron chi connectivity index (χ0n) is 10.4. The number of carboxylic acid groups (broad SMARTS) is 1. The third-order valence-electron chi connectivity index (χ3n) is 2.40. The van der Waals surface area contributed by atoms with E-state index in [1.807, 2.05) is 0 Å². The highest BCUT2D eigenvalue weighted by Crippen LogP contribution is 2.25. The van der Waals surface area contributed by atoms with E-state index >= 15 is 0 Å². The highest BCUT2D eigenvalue weighted by atomic mass is 79.9. The summed E-state index contributed by atoms with van der Waals surface area (Å²) in [6, 6.07) is 3.39. The molecule has 19 heavy (non-hydrogen) atoms. The zero-order valence-corrected chi connectivity index (χ0v) is 12.7. The molecule has 0 unspecified atom stereocenters. The minimum Gasteiger partial charge on any atom is -0.480 e. The third-order valence-corrected chi connectivity index (χ3v) is 3.32. The first kappa shape index (κ1) is 15.8. The van der Waals surface area contributed by atoms with Gasteiger partial charge in [-0.3, -0.25) is 0 Å². The third kappa shape index (κ3) is 4.72. The number of carboxylic acids is 1. The highest BCUT2D eigenvalue weighted by molar-refractivity contribution is 9.10. The van der Waals surface area contributed by atoms with Crippen molar-refractivity contribution in [2.45, 2.75) is 19.9 Å². The van der Waals surface area contributed by atoms with Gasteiger partial charge in [0.25, 0.3) is 0 Å². The van der Waals surface area contributed by atoms with Gasteiger partial charge in [0, 0.05) is 9.50 Å². The summed E-state index contributed by atoms with van der Waals surface area (Å²) < 4.78 is 0.656. The zero-order chi connectivity index (χ0) is 14.6. The molecule has 0 radical (unpaired) electrons. The van der Waals surface area contributed by atoms with E-state index < -0.39 is 18.0 Å². The van der Waals surface area contributed by atoms with Gasteiger partial charge in [-0.2, -0.15) is 0 Å². The van der Waals surface area contributed by atoms with Gasteiger partial charge in [0.1, 0.15) is 6.04 Å². The quantitative estimate of drug-likeness (QED) is 0.780. The Morgan fingerprint density at radius 1 is 1.37 bits per heavy atom. The summed E-state index contributed by atoms with van der Waals surface area (Å²) in [4.78, 5) is 22.7. The molecule has 2 amide bonds. The van der Waals surface area contributed by atoms with Crippen LogP contribution in [0.15, 0.2) is 22.7 Å². The Balaban J connectivity index is 2.74. The summed E-state index contributed by atoms with van der Waals surface area (Å²) in [5.41, 5.74) is 0.470. The van der Waals surface area contributed by atoms with Crippen molar-refractivity contribution in [3.05, 3.63) is 27.7 Å². The molecule has 0 aliphatic heterocycles. The number of nitrogens with one attached hydrogen (secondary N) is 2. The molecule has 1 atom stereocenters. The van der Waals surface area contributed by atoms with Crippen molar-refractivity contribution < 1.29 is 14.7 Å². The van der Waals surface area contributed by atoms with Crippen molar-refractivity contribution in [1.29, 1.82) is 0 Å². The van der Waals surface area contributed by atoms with Crippen molar-refractivity contribution in [1.82, 2.24) is 5.32 Å². The smallest absolute Gasteiger partial charge is 0.326 e. The first-order valence-electron chi connectivity index (χ1n) is 5.56. The van der Waals surface area contributed by atoms with Crippen LogP contribution in [0.2, 0.25) is 5.02 Å². The summed E-state index contributed by atoms with van der Waals surface area (Å²) >= 11 is 9.09. The number of anilines is 1. The maximum atomic E-state index is 11.7. The van der Waals surface area contributed by atoms with Crippen molar-refractivity contribution in [2.75, 3.05) is 5.32 Å². The summed E-state index contributed by atoms with van der Waals surface area (Å²) in [7, 11) is 0. The summed E-state index contributed by atoms with van der Waals surface area (Å²) in [5, 5.41) is 14.4. The van der Waals surface area contributed by atoms with Crippen LogP contribution in [0.1, 0.15) is 13.8 Å². The van der Waals surface area contributed by atoms with Crippen LogP contribution in [0.4, 0.5) is 10.5 Å². The van der Waals surface area contributed by atoms with Crippen LogP contribution in [-0.4, -0.2) is 23.1 Å². The molecule has 1 rings (SSSR count). The molecule has 3 N–H and O–H groups in total. The molecule has 0 aliphatic carbocycles. The van der Waals surface area contributed by atoms with Gasteiger partial charge in [-0.05, 0) is 40.0 Å². The molecule has 1 aromatic carbocycles. The van der Waals surface area contributed by atoms with Crippen LogP contribution in [0.5, 0.6) is 0 Å². The fourth-order valence-electron chi connectivity index (χ4n) is 1.41. The highest BCUT2D eigenvalue weighted by Gasteiger charge is 2.23. The number of benzene rings is 1. The molecule has 104 valence electrons. The Bertz CT molecular complexity index is 494. The standard InChI is InChI=1S/C12H14BrClN2O3/c1-6(2)10(11(17)18)16-12(19)15-9-5-7(14)3-4-8(9)13/h3-6,10H,1-2H3,(H,17,18)(H2,15,16,19)/t10-/m0/s1. The van der Waals surface area contributed by atoms with E-state index in [9.17, 15) is 9.59 Å². The van der Waals surface area contributed by atoms with E-state index in [0.717, 1.165) is 0 Å². The Hall–Kier alpha value is -1.27. The Morgan fingerprint density at radius 2 is 2.00 bits per heavy atom. The van der Waals surface area contributed by atoms with Gasteiger partial charge in [-0.1, -0.05) is 25.4 Å². The van der Waals surface area contributed by atoms with Crippen molar-refractivity contribution in [3.8, 4) is 0 Å². The van der Waals surface area contributed by atoms with Gasteiger partial charge in [-0.25, -0.2) is 9.59 Å². The second kappa shape index (κ2) is 6.77. The van der Waals surface area contributed by atoms with E-state index in [0.29, 0.717) is 15.2 Å². The lowest BCUT2D eigenvalue weighted by atomic mass is 10.1. The molecule has 0 heterocycles. The van der Waals surface area contributed by atoms with Gasteiger partial charge >= 0.3 is 12.0 Å². The number of urea groups is 1. The molecular weight excluding hydrogens is 336 g/mol. The van der Waals surface area contributed by atoms with Crippen LogP contribution >= 0.6 is 27.5 Å². The fourth-order valence-corrected chi connectivity index (χ4v) is 1.92. The van der Waals surface area contributed by atoms with Gasteiger partial charge in [0.2, 0.25) is 0 Å². The lowest BCUT2D eigenvalue weighted by Crippen LogP contribution is -2.46. The SMILES string of the molecule is CC(C)[C@H](NC(=O)Nc1cc(Cl)ccc1Br)C(=O)O. The van der Waals surface area contributed by atoms with Crippen LogP contribution < -0.4 is 10.6 Å². The van der Waals surface area contributed by atoms with Gasteiger partial charge in [0.05, 0.1) is 5.69 Å². The van der Waals surface area contributed by atoms with E-state index in [-0.39, 0.29) is 5.92 Å². The molecule has 1 aromatic rings. The molecule has 0 fully saturated rings. The number of rotatable bonds is 4. The predicted molar refractivity (Wildman–Crippen MR) is 77.6 cm³/mol. The first-order valence-corrected chi connectivity index (χ1v) is 6.73. The number of amides is 2. The normalized spacial score (nSPS) is 12.1. The van der Waals surface area contributed by atoms with Crippen LogP contribution in [0.3, 0.4) is 0 Å². The molecular formula is C12H14BrClN2O3. The van der Waals surface area contributed by atoms with Crippen LogP contribution in [0, 0.1) is 5.92 Å². The largest absolute Gasteiger partial charge is 0.480 e. The van der Waals surface area contributed by atoms with E-state index in [1.165, 1.54) is 0 Å². The van der Waals surface area contributed by atoms with Gasteiger partial charge in [-0.15, -0.1) is 0 Å². The number of halogens is 2. The second-order valence-corrected chi connectivity index (χ2v) is 5.57. The number of hydrogen-bond acceptors (Lipinski definition) is 2. The number of hydrogen-bond donors (Lipinski definition) is 3. The minimum absolute atomic E-state index is 0.217. The monoisotopic (exact) mass is 348 g/mol. The topological polar surface area (TPSA) is 78.4 Å². The van der Waals surface area contributed by atoms with E-state index in [4.69, 9.17) is 16.7 Å². The molecule has 0 spiro atoms. The molecule has 7 heteroatoms. The molecule has 5 nitrogen and oxygen atoms in total. The van der Waals surface area contributed by atoms with Gasteiger partial charge in [0.15, 0.2) is 0 Å². The van der Waals surface area contributed by atoms with Gasteiger partial charge < -0.3 is 15.7 Å². The Labute approximate surface area is 124 Å². The molecule has 0 bridgehead atoms. The predicted octanol–water partition coefficient (Wildman–Crippen LogP) is 3.33. The van der Waals surface area contributed by atoms with Crippen LogP contribution in [0.25, 0.3) is 0 Å². The first-order chi connectivity index (χ1) is 8.81. The Morgan fingerprint density at radius 3 is 2.53 bits per heavy atom. The number of aliphatic carboxylic acids is 1. The average Bonchev–Trinajstić information content (AvgIpc) is 2.30. The molecule has 0 aromatic heterocycles. The fraction of sp³-hybridized carbons (Fsp3) is 0.333. The molecule has 0 saturated carbocycles. The lowest BCUT2D eigenvalue weighted by molar-refractivity contribution is -0.140. The summed E-state index contributed by atoms with van der Waals surface area (Å²) in [6.07, 6.45) is 0.